The van der Waals surface area contributed by atoms with E-state index >= 15 is 0 Å². The third-order valence-corrected chi connectivity index (χ3v) is 5.96. The highest BCUT2D eigenvalue weighted by atomic mass is 16.6. The molecule has 1 aliphatic carbocycles. The Bertz CT molecular complexity index is 896. The molecule has 5 atom stereocenters. The maximum atomic E-state index is 12.6. The van der Waals surface area contributed by atoms with Crippen molar-refractivity contribution in [1.29, 1.82) is 0 Å². The first-order valence-electron chi connectivity index (χ1n) is 11.2. The van der Waals surface area contributed by atoms with Crippen molar-refractivity contribution in [3.05, 3.63) is 47.1 Å². The van der Waals surface area contributed by atoms with E-state index in [1.807, 2.05) is 13.0 Å². The van der Waals surface area contributed by atoms with E-state index in [1.54, 1.807) is 26.8 Å². The molecule has 0 aromatic heterocycles. The summed E-state index contributed by atoms with van der Waals surface area (Å²) in [7, 11) is 0. The molecule has 3 N–H and O–H groups in total. The van der Waals surface area contributed by atoms with Crippen LogP contribution in [-0.2, 0) is 28.6 Å². The molecule has 2 rings (SSSR count). The Morgan fingerprint density at radius 2 is 1.94 bits per heavy atom. The van der Waals surface area contributed by atoms with Crippen LogP contribution in [0.3, 0.4) is 0 Å². The lowest BCUT2D eigenvalue weighted by Gasteiger charge is -2.29. The minimum Gasteiger partial charge on any atom is -0.458 e. The fourth-order valence-electron chi connectivity index (χ4n) is 3.84. The van der Waals surface area contributed by atoms with Crippen LogP contribution in [0.2, 0.25) is 0 Å². The molecule has 0 bridgehead atoms. The van der Waals surface area contributed by atoms with Gasteiger partial charge in [0.05, 0.1) is 24.7 Å². The Kier molecular flexibility index (Phi) is 9.78. The Morgan fingerprint density at radius 3 is 2.53 bits per heavy atom. The standard InChI is InChI=1S/C25H34O9/c1-13(2)22(28)25(31)32-18-7-6-14(3)10-19(34-24(30)17(12-27)8-9-26)21-16(5)23(29)33-20(21)11-15(18)4/h6,8,11,13,18-22,26-28H,5,7,9-10,12H2,1-4H3/b14-6-,15-11+,17-8+/t18-,19+,20+,21+,22?/m0/s1. The Morgan fingerprint density at radius 1 is 1.26 bits per heavy atom. The molecule has 188 valence electrons. The molecule has 2 aliphatic rings. The zero-order chi connectivity index (χ0) is 25.6. The van der Waals surface area contributed by atoms with E-state index in [-0.39, 0.29) is 23.5 Å². The number of fused-ring (bicyclic) bond motifs is 1. The average Bonchev–Trinajstić information content (AvgIpc) is 3.05. The Balaban J connectivity index is 2.39. The lowest BCUT2D eigenvalue weighted by atomic mass is 9.85. The van der Waals surface area contributed by atoms with Crippen molar-refractivity contribution >= 4 is 17.9 Å². The third kappa shape index (κ3) is 6.65. The van der Waals surface area contributed by atoms with E-state index in [2.05, 4.69) is 6.58 Å². The van der Waals surface area contributed by atoms with Gasteiger partial charge in [-0.25, -0.2) is 14.4 Å². The van der Waals surface area contributed by atoms with E-state index in [9.17, 15) is 24.6 Å². The first kappa shape index (κ1) is 27.5. The zero-order valence-electron chi connectivity index (χ0n) is 20.0. The number of carbonyl (C=O) groups excluding carboxylic acids is 3. The second kappa shape index (κ2) is 12.1. The lowest BCUT2D eigenvalue weighted by molar-refractivity contribution is -0.159. The number of rotatable bonds is 7. The second-order valence-corrected chi connectivity index (χ2v) is 8.95. The van der Waals surface area contributed by atoms with Gasteiger partial charge in [-0.3, -0.25) is 0 Å². The Hall–Kier alpha value is -2.75. The first-order valence-corrected chi connectivity index (χ1v) is 11.2. The van der Waals surface area contributed by atoms with Gasteiger partial charge in [-0.05, 0) is 37.5 Å². The van der Waals surface area contributed by atoms with Crippen molar-refractivity contribution in [2.75, 3.05) is 13.2 Å². The summed E-state index contributed by atoms with van der Waals surface area (Å²) in [6, 6.07) is 0. The summed E-state index contributed by atoms with van der Waals surface area (Å²) in [4.78, 5) is 37.3. The van der Waals surface area contributed by atoms with E-state index in [1.165, 1.54) is 0 Å². The van der Waals surface area contributed by atoms with Crippen LogP contribution in [0.1, 0.15) is 40.5 Å². The highest BCUT2D eigenvalue weighted by Gasteiger charge is 2.45. The van der Waals surface area contributed by atoms with Crippen LogP contribution in [0.4, 0.5) is 0 Å². The maximum Gasteiger partial charge on any atom is 0.336 e. The van der Waals surface area contributed by atoms with Crippen LogP contribution in [-0.4, -0.2) is 70.9 Å². The summed E-state index contributed by atoms with van der Waals surface area (Å²) < 4.78 is 16.7. The first-order chi connectivity index (χ1) is 16.0. The second-order valence-electron chi connectivity index (χ2n) is 8.95. The van der Waals surface area contributed by atoms with Crippen molar-refractivity contribution < 1.29 is 43.9 Å². The van der Waals surface area contributed by atoms with Crippen LogP contribution in [0, 0.1) is 11.8 Å². The van der Waals surface area contributed by atoms with E-state index in [4.69, 9.17) is 19.3 Å². The molecular weight excluding hydrogens is 444 g/mol. The van der Waals surface area contributed by atoms with Gasteiger partial charge in [-0.1, -0.05) is 32.1 Å². The largest absolute Gasteiger partial charge is 0.458 e. The highest BCUT2D eigenvalue weighted by Crippen LogP contribution is 2.37. The monoisotopic (exact) mass is 478 g/mol. The molecule has 1 heterocycles. The molecule has 1 aliphatic heterocycles. The molecule has 1 unspecified atom stereocenters. The summed E-state index contributed by atoms with van der Waals surface area (Å²) in [5.41, 5.74) is 1.45. The average molecular weight is 479 g/mol. The van der Waals surface area contributed by atoms with Gasteiger partial charge in [-0.2, -0.15) is 0 Å². The van der Waals surface area contributed by atoms with Crippen LogP contribution < -0.4 is 0 Å². The van der Waals surface area contributed by atoms with Crippen LogP contribution >= 0.6 is 0 Å². The molecular formula is C25H34O9. The molecule has 1 fully saturated rings. The fourth-order valence-corrected chi connectivity index (χ4v) is 3.84. The molecule has 0 spiro atoms. The number of esters is 3. The van der Waals surface area contributed by atoms with Crippen LogP contribution in [0.5, 0.6) is 0 Å². The highest BCUT2D eigenvalue weighted by molar-refractivity contribution is 5.92. The lowest BCUT2D eigenvalue weighted by Crippen LogP contribution is -2.35. The van der Waals surface area contributed by atoms with Crippen LogP contribution in [0.25, 0.3) is 0 Å². The number of aliphatic hydroxyl groups excluding tert-OH is 3. The molecule has 0 aromatic carbocycles. The van der Waals surface area contributed by atoms with E-state index in [0.29, 0.717) is 12.0 Å². The quantitative estimate of drug-likeness (QED) is 0.215. The van der Waals surface area contributed by atoms with Crippen molar-refractivity contribution in [2.45, 2.75) is 65.0 Å². The molecule has 0 saturated carbocycles. The van der Waals surface area contributed by atoms with E-state index in [0.717, 1.165) is 11.6 Å². The number of aliphatic hydroxyl groups is 3. The van der Waals surface area contributed by atoms with Crippen molar-refractivity contribution in [3.63, 3.8) is 0 Å². The number of hydrogen-bond donors (Lipinski definition) is 3. The van der Waals surface area contributed by atoms with Crippen molar-refractivity contribution in [2.24, 2.45) is 11.8 Å². The van der Waals surface area contributed by atoms with Gasteiger partial charge >= 0.3 is 17.9 Å². The number of carbonyl (C=O) groups is 3. The zero-order valence-corrected chi connectivity index (χ0v) is 20.0. The molecule has 0 radical (unpaired) electrons. The minimum absolute atomic E-state index is 0.101. The molecule has 1 saturated heterocycles. The van der Waals surface area contributed by atoms with Gasteiger partial charge in [-0.15, -0.1) is 0 Å². The SMILES string of the molecule is C=C1C(=O)O[C@@H]2/C=C(\C)[C@@H](OC(=O)C(O)C(C)C)C/C=C(/C)C[C@@H](OC(=O)/C(=C/CO)CO)[C@@H]12. The minimum atomic E-state index is -1.26. The molecule has 0 aromatic rings. The number of ether oxygens (including phenoxy) is 3. The maximum absolute atomic E-state index is 12.6. The third-order valence-electron chi connectivity index (χ3n) is 5.96. The van der Waals surface area contributed by atoms with Gasteiger partial charge < -0.3 is 29.5 Å². The smallest absolute Gasteiger partial charge is 0.336 e. The summed E-state index contributed by atoms with van der Waals surface area (Å²) in [5.74, 6) is -3.19. The topological polar surface area (TPSA) is 140 Å². The van der Waals surface area contributed by atoms with Gasteiger partial charge in [0, 0.05) is 18.4 Å². The van der Waals surface area contributed by atoms with Gasteiger partial charge in [0.2, 0.25) is 0 Å². The normalized spacial score (nSPS) is 29.8. The summed E-state index contributed by atoms with van der Waals surface area (Å²) >= 11 is 0. The fraction of sp³-hybridized carbons (Fsp3) is 0.560. The van der Waals surface area contributed by atoms with Crippen molar-refractivity contribution in [3.8, 4) is 0 Å². The van der Waals surface area contributed by atoms with Gasteiger partial charge in [0.15, 0.2) is 6.10 Å². The van der Waals surface area contributed by atoms with Gasteiger partial charge in [0.25, 0.3) is 0 Å². The number of hydrogen-bond acceptors (Lipinski definition) is 9. The van der Waals surface area contributed by atoms with Crippen LogP contribution in [0.15, 0.2) is 47.1 Å². The predicted molar refractivity (Wildman–Crippen MR) is 122 cm³/mol. The summed E-state index contributed by atoms with van der Waals surface area (Å²) in [6.45, 7) is 9.73. The van der Waals surface area contributed by atoms with Crippen molar-refractivity contribution in [1.82, 2.24) is 0 Å². The predicted octanol–water partition coefficient (Wildman–Crippen LogP) is 1.52. The molecule has 9 nitrogen and oxygen atoms in total. The summed E-state index contributed by atoms with van der Waals surface area (Å²) in [5, 5.41) is 28.6. The molecule has 34 heavy (non-hydrogen) atoms. The Labute approximate surface area is 199 Å². The molecule has 9 heteroatoms. The van der Waals surface area contributed by atoms with E-state index < -0.39 is 61.5 Å². The van der Waals surface area contributed by atoms with Gasteiger partial charge in [0.1, 0.15) is 18.3 Å². The molecule has 0 amide bonds. The summed E-state index contributed by atoms with van der Waals surface area (Å²) in [6.07, 6.45) is 1.60.